The quantitative estimate of drug-likeness (QED) is 0.266. The average molecular weight is 489 g/mol. The molecule has 0 spiro atoms. The maximum Gasteiger partial charge on any atom is 0.238 e. The Balaban J connectivity index is 1.51. The van der Waals surface area contributed by atoms with E-state index in [-0.39, 0.29) is 0 Å². The van der Waals surface area contributed by atoms with Crippen LogP contribution in [0, 0.1) is 0 Å². The number of rotatable bonds is 3. The summed E-state index contributed by atoms with van der Waals surface area (Å²) < 4.78 is 4.31. The van der Waals surface area contributed by atoms with Crippen LogP contribution in [0.25, 0.3) is 67.2 Å². The van der Waals surface area contributed by atoms with Crippen molar-refractivity contribution in [2.24, 2.45) is 0 Å². The fourth-order valence-electron chi connectivity index (χ4n) is 5.32. The van der Waals surface area contributed by atoms with Gasteiger partial charge in [-0.15, -0.1) is 0 Å². The highest BCUT2D eigenvalue weighted by Gasteiger charge is 2.20. The maximum absolute atomic E-state index is 5.02. The summed E-state index contributed by atoms with van der Waals surface area (Å²) in [5.74, 6) is 1.85. The molecule has 38 heavy (non-hydrogen) atoms. The highest BCUT2D eigenvalue weighted by Crippen LogP contribution is 2.37. The van der Waals surface area contributed by atoms with Crippen LogP contribution < -0.4 is 0 Å². The van der Waals surface area contributed by atoms with Crippen molar-refractivity contribution in [1.29, 1.82) is 0 Å². The Morgan fingerprint density at radius 2 is 1.16 bits per heavy atom. The Hall–Kier alpha value is -5.36. The summed E-state index contributed by atoms with van der Waals surface area (Å²) in [6, 6.07) is 38.8. The first-order valence-corrected chi connectivity index (χ1v) is 12.5. The average Bonchev–Trinajstić information content (AvgIpc) is 3.53. The van der Waals surface area contributed by atoms with Crippen LogP contribution in [0.4, 0.5) is 0 Å². The van der Waals surface area contributed by atoms with E-state index in [4.69, 9.17) is 19.9 Å². The zero-order valence-corrected chi connectivity index (χ0v) is 20.2. The van der Waals surface area contributed by atoms with E-state index < -0.39 is 0 Å². The fraction of sp³-hybridized carbons (Fsp3) is 0. The molecule has 6 nitrogen and oxygen atoms in total. The number of benzene rings is 4. The van der Waals surface area contributed by atoms with Gasteiger partial charge in [0.1, 0.15) is 5.65 Å². The van der Waals surface area contributed by atoms with Crippen LogP contribution in [0.3, 0.4) is 0 Å². The van der Waals surface area contributed by atoms with Gasteiger partial charge in [-0.05, 0) is 30.3 Å². The molecule has 0 aliphatic rings. The Morgan fingerprint density at radius 3 is 1.89 bits per heavy atom. The van der Waals surface area contributed by atoms with Crippen molar-refractivity contribution in [3.05, 3.63) is 121 Å². The van der Waals surface area contributed by atoms with Crippen molar-refractivity contribution in [1.82, 2.24) is 28.9 Å². The molecule has 0 amide bonds. The first kappa shape index (κ1) is 20.8. The minimum atomic E-state index is 0.581. The Labute approximate surface area is 217 Å². The molecule has 0 radical (unpaired) electrons. The van der Waals surface area contributed by atoms with Crippen molar-refractivity contribution >= 4 is 38.5 Å². The predicted molar refractivity (Wildman–Crippen MR) is 151 cm³/mol. The Bertz CT molecular complexity index is 2070. The molecule has 0 fully saturated rings. The number of imidazole rings is 1. The fourth-order valence-corrected chi connectivity index (χ4v) is 5.32. The van der Waals surface area contributed by atoms with Gasteiger partial charge in [0, 0.05) is 28.1 Å². The molecule has 4 aromatic carbocycles. The van der Waals surface area contributed by atoms with Gasteiger partial charge >= 0.3 is 0 Å². The van der Waals surface area contributed by atoms with E-state index in [1.807, 2.05) is 78.9 Å². The summed E-state index contributed by atoms with van der Waals surface area (Å²) in [4.78, 5) is 19.8. The van der Waals surface area contributed by atoms with Crippen molar-refractivity contribution < 1.29 is 0 Å². The van der Waals surface area contributed by atoms with E-state index in [2.05, 4.69) is 51.6 Å². The topological polar surface area (TPSA) is 60.9 Å². The summed E-state index contributed by atoms with van der Waals surface area (Å²) >= 11 is 0. The first-order chi connectivity index (χ1) is 18.8. The predicted octanol–water partition coefficient (Wildman–Crippen LogP) is 7.10. The van der Waals surface area contributed by atoms with Crippen molar-refractivity contribution in [2.75, 3.05) is 0 Å². The number of hydrogen-bond donors (Lipinski definition) is 0. The van der Waals surface area contributed by atoms with Crippen LogP contribution in [0.2, 0.25) is 0 Å². The van der Waals surface area contributed by atoms with E-state index in [0.29, 0.717) is 17.6 Å². The van der Waals surface area contributed by atoms with Crippen LogP contribution >= 0.6 is 0 Å². The van der Waals surface area contributed by atoms with Gasteiger partial charge in [0.2, 0.25) is 5.95 Å². The lowest BCUT2D eigenvalue weighted by Gasteiger charge is -2.10. The third-order valence-electron chi connectivity index (χ3n) is 6.99. The lowest BCUT2D eigenvalue weighted by atomic mass is 10.1. The molecule has 4 aromatic heterocycles. The molecule has 0 saturated heterocycles. The number of hydrogen-bond acceptors (Lipinski definition) is 4. The summed E-state index contributed by atoms with van der Waals surface area (Å²) in [7, 11) is 0. The summed E-state index contributed by atoms with van der Waals surface area (Å²) in [6.45, 7) is 0. The van der Waals surface area contributed by atoms with Crippen LogP contribution in [-0.2, 0) is 0 Å². The molecular weight excluding hydrogens is 468 g/mol. The molecule has 0 saturated carbocycles. The lowest BCUT2D eigenvalue weighted by Crippen LogP contribution is -2.06. The van der Waals surface area contributed by atoms with E-state index in [1.54, 1.807) is 0 Å². The highest BCUT2D eigenvalue weighted by molar-refractivity contribution is 6.20. The van der Waals surface area contributed by atoms with E-state index >= 15 is 0 Å². The second kappa shape index (κ2) is 8.08. The number of pyridine rings is 1. The van der Waals surface area contributed by atoms with Gasteiger partial charge in [-0.2, -0.15) is 9.97 Å². The zero-order valence-electron chi connectivity index (χ0n) is 20.2. The standard InChI is InChI=1S/C32H20N6/c1-3-11-21(12-4-1)30-34-31(22-13-5-2-6-14-22)36-32(35-30)38-25-16-8-7-15-23(25)28-26(38)19-18-24-29(28)37-20-10-9-17-27(37)33-24/h1-20H. The molecule has 0 aliphatic heterocycles. The first-order valence-electron chi connectivity index (χ1n) is 12.5. The van der Waals surface area contributed by atoms with Crippen LogP contribution in [0.15, 0.2) is 121 Å². The minimum absolute atomic E-state index is 0.581. The summed E-state index contributed by atoms with van der Waals surface area (Å²) in [5, 5.41) is 2.25. The van der Waals surface area contributed by atoms with E-state index in [0.717, 1.165) is 49.6 Å². The van der Waals surface area contributed by atoms with Gasteiger partial charge in [-0.3, -0.25) is 8.97 Å². The molecule has 8 rings (SSSR count). The molecule has 0 unspecified atom stereocenters. The second-order valence-electron chi connectivity index (χ2n) is 9.24. The van der Waals surface area contributed by atoms with Crippen molar-refractivity contribution in [3.63, 3.8) is 0 Å². The lowest BCUT2D eigenvalue weighted by molar-refractivity contribution is 0.953. The van der Waals surface area contributed by atoms with Gasteiger partial charge in [-0.25, -0.2) is 9.97 Å². The monoisotopic (exact) mass is 488 g/mol. The third-order valence-corrected chi connectivity index (χ3v) is 6.99. The van der Waals surface area contributed by atoms with Crippen molar-refractivity contribution in [2.45, 2.75) is 0 Å². The number of fused-ring (bicyclic) bond motifs is 7. The molecule has 6 heteroatoms. The Kier molecular flexibility index (Phi) is 4.42. The molecule has 4 heterocycles. The number of para-hydroxylation sites is 1. The van der Waals surface area contributed by atoms with Gasteiger partial charge < -0.3 is 0 Å². The highest BCUT2D eigenvalue weighted by atomic mass is 15.2. The van der Waals surface area contributed by atoms with E-state index in [9.17, 15) is 0 Å². The van der Waals surface area contributed by atoms with Gasteiger partial charge in [0.05, 0.1) is 22.1 Å². The summed E-state index contributed by atoms with van der Waals surface area (Å²) in [6.07, 6.45) is 2.07. The molecule has 0 bridgehead atoms. The van der Waals surface area contributed by atoms with Crippen molar-refractivity contribution in [3.8, 4) is 28.7 Å². The molecule has 0 aliphatic carbocycles. The third kappa shape index (κ3) is 3.07. The zero-order chi connectivity index (χ0) is 25.1. The molecule has 0 N–H and O–H groups in total. The number of nitrogens with zero attached hydrogens (tertiary/aromatic N) is 6. The maximum atomic E-state index is 5.02. The van der Waals surface area contributed by atoms with Gasteiger partial charge in [-0.1, -0.05) is 84.9 Å². The van der Waals surface area contributed by atoms with Crippen LogP contribution in [0.5, 0.6) is 0 Å². The van der Waals surface area contributed by atoms with E-state index in [1.165, 1.54) is 0 Å². The molecule has 178 valence electrons. The molecule has 0 atom stereocenters. The Morgan fingerprint density at radius 1 is 0.500 bits per heavy atom. The SMILES string of the molecule is c1ccc(-c2nc(-c3ccccc3)nc(-n3c4ccccc4c4c3ccc3nc5ccccn5c34)n2)cc1. The summed E-state index contributed by atoms with van der Waals surface area (Å²) in [5.41, 5.74) is 6.89. The largest absolute Gasteiger partial charge is 0.299 e. The normalized spacial score (nSPS) is 11.7. The smallest absolute Gasteiger partial charge is 0.238 e. The number of aromatic nitrogens is 6. The van der Waals surface area contributed by atoms with Gasteiger partial charge in [0.15, 0.2) is 11.6 Å². The molecule has 8 aromatic rings. The molecular formula is C32H20N6. The van der Waals surface area contributed by atoms with Gasteiger partial charge in [0.25, 0.3) is 0 Å². The van der Waals surface area contributed by atoms with Crippen LogP contribution in [0.1, 0.15) is 0 Å². The second-order valence-corrected chi connectivity index (χ2v) is 9.24. The van der Waals surface area contributed by atoms with Crippen LogP contribution in [-0.4, -0.2) is 28.9 Å². The minimum Gasteiger partial charge on any atom is -0.299 e.